The lowest BCUT2D eigenvalue weighted by Gasteiger charge is -2.27. The highest BCUT2D eigenvalue weighted by Crippen LogP contribution is 2.32. The zero-order valence-electron chi connectivity index (χ0n) is 22.0. The molecule has 8 heteroatoms. The zero-order chi connectivity index (χ0) is 27.5. The third kappa shape index (κ3) is 5.61. The highest BCUT2D eigenvalue weighted by atomic mass is 19.1. The van der Waals surface area contributed by atoms with Crippen LogP contribution in [0.3, 0.4) is 0 Å². The van der Waals surface area contributed by atoms with Gasteiger partial charge >= 0.3 is 0 Å². The first-order valence-corrected chi connectivity index (χ1v) is 13.2. The van der Waals surface area contributed by atoms with E-state index in [0.717, 1.165) is 33.6 Å². The molecule has 0 saturated carbocycles. The van der Waals surface area contributed by atoms with Crippen molar-refractivity contribution < 1.29 is 14.0 Å². The van der Waals surface area contributed by atoms with Gasteiger partial charge < -0.3 is 20.9 Å². The Morgan fingerprint density at radius 1 is 1.13 bits per heavy atom. The Hall–Kier alpha value is -4.30. The summed E-state index contributed by atoms with van der Waals surface area (Å²) < 4.78 is 14.1. The number of carbonyl (C=O) groups excluding carboxylic acids is 2. The van der Waals surface area contributed by atoms with Crippen LogP contribution in [0.25, 0.3) is 22.5 Å². The van der Waals surface area contributed by atoms with Crippen LogP contribution >= 0.6 is 0 Å². The van der Waals surface area contributed by atoms with Crippen LogP contribution in [0.1, 0.15) is 31.4 Å². The van der Waals surface area contributed by atoms with Gasteiger partial charge in [-0.15, -0.1) is 0 Å². The van der Waals surface area contributed by atoms with Crippen molar-refractivity contribution in [2.45, 2.75) is 45.3 Å². The lowest BCUT2D eigenvalue weighted by molar-refractivity contribution is -0.129. The first kappa shape index (κ1) is 26.3. The van der Waals surface area contributed by atoms with E-state index in [0.29, 0.717) is 18.5 Å². The van der Waals surface area contributed by atoms with Gasteiger partial charge in [-0.1, -0.05) is 62.4 Å². The molecule has 1 aliphatic heterocycles. The molecule has 5 rings (SSSR count). The van der Waals surface area contributed by atoms with E-state index in [1.165, 1.54) is 12.1 Å². The number of nitrogens with one attached hydrogen (secondary N) is 2. The average molecular weight is 526 g/mol. The number of carbonyl (C=O) groups is 2. The minimum Gasteiger partial charge on any atom is -0.345 e. The zero-order valence-corrected chi connectivity index (χ0v) is 22.0. The number of aryl methyl sites for hydroxylation is 1. The summed E-state index contributed by atoms with van der Waals surface area (Å²) in [5.74, 6) is -0.231. The van der Waals surface area contributed by atoms with E-state index < -0.39 is 12.1 Å². The maximum Gasteiger partial charge on any atom is 0.249 e. The standard InChI is InChI=1S/C31H32FN5O2/c1-19(2)28(33)30(38)36-26-13-11-22-17-23(32)12-14-27(22)37(31(26)39)18-20-7-9-21(10-8-20)24-5-3-4-6-25(24)29-34-15-16-35-29/h3-10,12,14-17,19,26,28H,11,13,18,33H2,1-2H3,(H,34,35)(H,36,38)/t26-,28?/m1/s1. The maximum atomic E-state index is 14.1. The first-order valence-electron chi connectivity index (χ1n) is 13.2. The van der Waals surface area contributed by atoms with Gasteiger partial charge in [-0.05, 0) is 59.2 Å². The summed E-state index contributed by atoms with van der Waals surface area (Å²) in [6, 6.07) is 19.0. The predicted molar refractivity (Wildman–Crippen MR) is 150 cm³/mol. The molecule has 1 aliphatic rings. The largest absolute Gasteiger partial charge is 0.345 e. The molecule has 4 aromatic rings. The molecular weight excluding hydrogens is 493 g/mol. The number of H-pyrrole nitrogens is 1. The smallest absolute Gasteiger partial charge is 0.249 e. The molecule has 3 aromatic carbocycles. The normalized spacial score (nSPS) is 16.1. The van der Waals surface area contributed by atoms with Crippen LogP contribution in [-0.4, -0.2) is 33.9 Å². The number of rotatable bonds is 7. The van der Waals surface area contributed by atoms with Gasteiger partial charge in [0.15, 0.2) is 0 Å². The highest BCUT2D eigenvalue weighted by Gasteiger charge is 2.33. The summed E-state index contributed by atoms with van der Waals surface area (Å²) in [5, 5.41) is 2.85. The Balaban J connectivity index is 1.43. The Morgan fingerprint density at radius 3 is 2.56 bits per heavy atom. The van der Waals surface area contributed by atoms with Gasteiger partial charge in [-0.3, -0.25) is 9.59 Å². The monoisotopic (exact) mass is 525 g/mol. The third-order valence-electron chi connectivity index (χ3n) is 7.22. The summed E-state index contributed by atoms with van der Waals surface area (Å²) in [7, 11) is 0. The van der Waals surface area contributed by atoms with Crippen molar-refractivity contribution in [2.24, 2.45) is 11.7 Å². The second-order valence-corrected chi connectivity index (χ2v) is 10.2. The van der Waals surface area contributed by atoms with Crippen molar-refractivity contribution in [3.05, 3.63) is 96.1 Å². The van der Waals surface area contributed by atoms with Crippen molar-refractivity contribution in [3.8, 4) is 22.5 Å². The van der Waals surface area contributed by atoms with Crippen molar-refractivity contribution in [1.82, 2.24) is 15.3 Å². The number of fused-ring (bicyclic) bond motifs is 1. The van der Waals surface area contributed by atoms with Gasteiger partial charge in [0.1, 0.15) is 17.7 Å². The van der Waals surface area contributed by atoms with Crippen LogP contribution in [0.15, 0.2) is 79.1 Å². The van der Waals surface area contributed by atoms with Crippen LogP contribution in [0.4, 0.5) is 10.1 Å². The van der Waals surface area contributed by atoms with Crippen molar-refractivity contribution in [3.63, 3.8) is 0 Å². The number of aromatic amines is 1. The predicted octanol–water partition coefficient (Wildman–Crippen LogP) is 4.83. The van der Waals surface area contributed by atoms with E-state index in [9.17, 15) is 14.0 Å². The number of anilines is 1. The van der Waals surface area contributed by atoms with Crippen LogP contribution < -0.4 is 16.0 Å². The fourth-order valence-electron chi connectivity index (χ4n) is 4.94. The number of hydrogen-bond donors (Lipinski definition) is 3. The Bertz CT molecular complexity index is 1470. The molecule has 2 heterocycles. The molecule has 0 bridgehead atoms. The van der Waals surface area contributed by atoms with E-state index in [4.69, 9.17) is 5.73 Å². The Kier molecular flexibility index (Phi) is 7.56. The SMILES string of the molecule is CC(C)C(N)C(=O)N[C@@H]1CCc2cc(F)ccc2N(Cc2ccc(-c3ccccc3-c3ncc[nH]3)cc2)C1=O. The fourth-order valence-corrected chi connectivity index (χ4v) is 4.94. The summed E-state index contributed by atoms with van der Waals surface area (Å²) in [5.41, 5.74) is 11.4. The first-order chi connectivity index (χ1) is 18.8. The molecule has 2 atom stereocenters. The van der Waals surface area contributed by atoms with Gasteiger partial charge in [0.2, 0.25) is 11.8 Å². The molecule has 200 valence electrons. The van der Waals surface area contributed by atoms with Gasteiger partial charge in [0, 0.05) is 23.6 Å². The second-order valence-electron chi connectivity index (χ2n) is 10.2. The van der Waals surface area contributed by atoms with E-state index in [1.807, 2.05) is 62.4 Å². The summed E-state index contributed by atoms with van der Waals surface area (Å²) in [4.78, 5) is 35.7. The van der Waals surface area contributed by atoms with E-state index in [1.54, 1.807) is 23.4 Å². The highest BCUT2D eigenvalue weighted by molar-refractivity contribution is 6.01. The van der Waals surface area contributed by atoms with Crippen LogP contribution in [-0.2, 0) is 22.6 Å². The van der Waals surface area contributed by atoms with Crippen molar-refractivity contribution in [2.75, 3.05) is 4.90 Å². The average Bonchev–Trinajstić information content (AvgIpc) is 3.45. The number of hydrogen-bond acceptors (Lipinski definition) is 4. The van der Waals surface area contributed by atoms with E-state index >= 15 is 0 Å². The summed E-state index contributed by atoms with van der Waals surface area (Å²) in [6.45, 7) is 4.00. The van der Waals surface area contributed by atoms with Gasteiger partial charge in [-0.2, -0.15) is 0 Å². The van der Waals surface area contributed by atoms with Gasteiger partial charge in [0.05, 0.1) is 12.6 Å². The molecule has 0 fully saturated rings. The molecule has 39 heavy (non-hydrogen) atoms. The fraction of sp³-hybridized carbons (Fsp3) is 0.258. The van der Waals surface area contributed by atoms with Crippen LogP contribution in [0, 0.1) is 11.7 Å². The lowest BCUT2D eigenvalue weighted by Crippen LogP contribution is -2.53. The number of nitrogens with two attached hydrogens (primary N) is 1. The summed E-state index contributed by atoms with van der Waals surface area (Å²) in [6.07, 6.45) is 4.34. The minimum absolute atomic E-state index is 0.0651. The lowest BCUT2D eigenvalue weighted by atomic mass is 9.98. The topological polar surface area (TPSA) is 104 Å². The second kappa shape index (κ2) is 11.2. The van der Waals surface area contributed by atoms with Crippen LogP contribution in [0.5, 0.6) is 0 Å². The van der Waals surface area contributed by atoms with E-state index in [2.05, 4.69) is 15.3 Å². The number of benzene rings is 3. The molecule has 1 aromatic heterocycles. The number of nitrogens with zero attached hydrogens (tertiary/aromatic N) is 2. The molecule has 0 aliphatic carbocycles. The number of amides is 2. The molecular formula is C31H32FN5O2. The Morgan fingerprint density at radius 2 is 1.87 bits per heavy atom. The number of halogens is 1. The van der Waals surface area contributed by atoms with Gasteiger partial charge in [-0.25, -0.2) is 9.37 Å². The molecule has 2 amide bonds. The maximum absolute atomic E-state index is 14.1. The number of imidazole rings is 1. The van der Waals surface area contributed by atoms with Crippen LogP contribution in [0.2, 0.25) is 0 Å². The quantitative estimate of drug-likeness (QED) is 0.321. The third-order valence-corrected chi connectivity index (χ3v) is 7.22. The molecule has 0 spiro atoms. The van der Waals surface area contributed by atoms with E-state index in [-0.39, 0.29) is 30.1 Å². The molecule has 1 unspecified atom stereocenters. The molecule has 7 nitrogen and oxygen atoms in total. The van der Waals surface area contributed by atoms with Crippen molar-refractivity contribution in [1.29, 1.82) is 0 Å². The molecule has 0 saturated heterocycles. The number of aromatic nitrogens is 2. The minimum atomic E-state index is -0.753. The Labute approximate surface area is 227 Å². The molecule has 0 radical (unpaired) electrons. The summed E-state index contributed by atoms with van der Waals surface area (Å²) >= 11 is 0. The van der Waals surface area contributed by atoms with Gasteiger partial charge in [0.25, 0.3) is 0 Å². The molecule has 4 N–H and O–H groups in total. The van der Waals surface area contributed by atoms with Crippen molar-refractivity contribution >= 4 is 17.5 Å².